The summed E-state index contributed by atoms with van der Waals surface area (Å²) in [6, 6.07) is 0. The van der Waals surface area contributed by atoms with Gasteiger partial charge in [-0.05, 0) is 54.5 Å². The zero-order valence-electron chi connectivity index (χ0n) is 11.5. The Balaban J connectivity index is 1.93. The number of esters is 1. The molecule has 0 aromatic carbocycles. The lowest BCUT2D eigenvalue weighted by molar-refractivity contribution is -0.149. The Morgan fingerprint density at radius 2 is 2.25 bits per heavy atom. The number of halogens is 1. The molecular formula is C14H20BrNO3S. The van der Waals surface area contributed by atoms with Crippen molar-refractivity contribution in [2.24, 2.45) is 11.8 Å². The standard InChI is InChI=1S/C14H20BrNO3S/c1-2-19-14(18)10-5-3-9(4-6-10)11(8-17)13-16-7-12(15)20-13/h7,9-11,17H,2-6,8H2,1H3/t9-,10-,11?. The van der Waals surface area contributed by atoms with Gasteiger partial charge in [0.2, 0.25) is 0 Å². The van der Waals surface area contributed by atoms with E-state index in [0.29, 0.717) is 12.5 Å². The van der Waals surface area contributed by atoms with Gasteiger partial charge in [0.1, 0.15) is 0 Å². The maximum absolute atomic E-state index is 11.7. The molecule has 1 atom stereocenters. The van der Waals surface area contributed by atoms with Crippen LogP contribution < -0.4 is 0 Å². The van der Waals surface area contributed by atoms with Gasteiger partial charge in [0, 0.05) is 5.92 Å². The highest BCUT2D eigenvalue weighted by Crippen LogP contribution is 2.40. The first-order chi connectivity index (χ1) is 9.65. The molecule has 6 heteroatoms. The molecular weight excluding hydrogens is 342 g/mol. The number of aromatic nitrogens is 1. The van der Waals surface area contributed by atoms with E-state index in [0.717, 1.165) is 34.5 Å². The van der Waals surface area contributed by atoms with E-state index < -0.39 is 0 Å². The molecule has 1 fully saturated rings. The molecule has 0 amide bonds. The van der Waals surface area contributed by atoms with Crippen molar-refractivity contribution in [1.29, 1.82) is 0 Å². The van der Waals surface area contributed by atoms with E-state index in [2.05, 4.69) is 20.9 Å². The fourth-order valence-electron chi connectivity index (χ4n) is 2.88. The van der Waals surface area contributed by atoms with Crippen molar-refractivity contribution in [2.75, 3.05) is 13.2 Å². The molecule has 1 N–H and O–H groups in total. The third-order valence-electron chi connectivity index (χ3n) is 3.97. The summed E-state index contributed by atoms with van der Waals surface area (Å²) in [7, 11) is 0. The van der Waals surface area contributed by atoms with Crippen LogP contribution in [0.4, 0.5) is 0 Å². The normalized spacial score (nSPS) is 24.4. The molecule has 1 heterocycles. The number of carbonyl (C=O) groups is 1. The molecule has 1 aliphatic carbocycles. The van der Waals surface area contributed by atoms with Crippen LogP contribution in [0.25, 0.3) is 0 Å². The van der Waals surface area contributed by atoms with Crippen LogP contribution in [0.5, 0.6) is 0 Å². The first-order valence-electron chi connectivity index (χ1n) is 7.04. The van der Waals surface area contributed by atoms with Gasteiger partial charge in [-0.2, -0.15) is 0 Å². The lowest BCUT2D eigenvalue weighted by atomic mass is 9.76. The molecule has 1 aromatic heterocycles. The smallest absolute Gasteiger partial charge is 0.308 e. The maximum Gasteiger partial charge on any atom is 0.308 e. The Labute approximate surface area is 131 Å². The third-order valence-corrected chi connectivity index (χ3v) is 5.58. The Hall–Kier alpha value is -0.460. The molecule has 1 aromatic rings. The largest absolute Gasteiger partial charge is 0.466 e. The predicted molar refractivity (Wildman–Crippen MR) is 81.7 cm³/mol. The number of rotatable bonds is 5. The van der Waals surface area contributed by atoms with Crippen LogP contribution in [0.1, 0.15) is 43.5 Å². The summed E-state index contributed by atoms with van der Waals surface area (Å²) in [5, 5.41) is 10.6. The summed E-state index contributed by atoms with van der Waals surface area (Å²) in [4.78, 5) is 16.1. The lowest BCUT2D eigenvalue weighted by Gasteiger charge is -2.31. The Bertz CT molecular complexity index is 443. The molecule has 0 radical (unpaired) electrons. The van der Waals surface area contributed by atoms with E-state index >= 15 is 0 Å². The number of nitrogens with zero attached hydrogens (tertiary/aromatic N) is 1. The van der Waals surface area contributed by atoms with Crippen LogP contribution in [0.15, 0.2) is 9.98 Å². The Morgan fingerprint density at radius 1 is 1.55 bits per heavy atom. The minimum Gasteiger partial charge on any atom is -0.466 e. The van der Waals surface area contributed by atoms with Crippen molar-refractivity contribution in [3.63, 3.8) is 0 Å². The first kappa shape index (κ1) is 15.9. The highest BCUT2D eigenvalue weighted by molar-refractivity contribution is 9.11. The van der Waals surface area contributed by atoms with Crippen LogP contribution in [0.2, 0.25) is 0 Å². The van der Waals surface area contributed by atoms with Gasteiger partial charge in [-0.3, -0.25) is 4.79 Å². The van der Waals surface area contributed by atoms with Gasteiger partial charge < -0.3 is 9.84 Å². The minimum atomic E-state index is -0.0662. The zero-order valence-corrected chi connectivity index (χ0v) is 14.0. The third kappa shape index (κ3) is 3.80. The molecule has 0 spiro atoms. The van der Waals surface area contributed by atoms with Crippen LogP contribution in [-0.2, 0) is 9.53 Å². The van der Waals surface area contributed by atoms with E-state index in [1.165, 1.54) is 0 Å². The molecule has 4 nitrogen and oxygen atoms in total. The highest BCUT2D eigenvalue weighted by Gasteiger charge is 2.32. The number of aliphatic hydroxyl groups excluding tert-OH is 1. The summed E-state index contributed by atoms with van der Waals surface area (Å²) in [6.07, 6.45) is 5.39. The van der Waals surface area contributed by atoms with Crippen molar-refractivity contribution in [2.45, 2.75) is 38.5 Å². The molecule has 0 aliphatic heterocycles. The van der Waals surface area contributed by atoms with Gasteiger partial charge in [-0.25, -0.2) is 4.98 Å². The average molecular weight is 362 g/mol. The van der Waals surface area contributed by atoms with E-state index in [1.54, 1.807) is 17.5 Å². The molecule has 1 saturated carbocycles. The van der Waals surface area contributed by atoms with Crippen LogP contribution in [0, 0.1) is 11.8 Å². The van der Waals surface area contributed by atoms with Gasteiger partial charge in [0.15, 0.2) is 0 Å². The quantitative estimate of drug-likeness (QED) is 0.816. The van der Waals surface area contributed by atoms with Crippen molar-refractivity contribution in [3.05, 3.63) is 15.0 Å². The van der Waals surface area contributed by atoms with Gasteiger partial charge in [-0.15, -0.1) is 11.3 Å². The molecule has 0 bridgehead atoms. The minimum absolute atomic E-state index is 0.0357. The summed E-state index contributed by atoms with van der Waals surface area (Å²) in [6.45, 7) is 2.41. The van der Waals surface area contributed by atoms with Crippen molar-refractivity contribution in [1.82, 2.24) is 4.98 Å². The average Bonchev–Trinajstić information content (AvgIpc) is 2.87. The SMILES string of the molecule is CCOC(=O)[C@H]1CC[C@H](C(CO)c2ncc(Br)s2)CC1. The molecule has 1 aliphatic rings. The topological polar surface area (TPSA) is 59.4 Å². The monoisotopic (exact) mass is 361 g/mol. The van der Waals surface area contributed by atoms with Gasteiger partial charge in [-0.1, -0.05) is 0 Å². The fourth-order valence-corrected chi connectivity index (χ4v) is 4.31. The van der Waals surface area contributed by atoms with E-state index in [-0.39, 0.29) is 24.4 Å². The lowest BCUT2D eigenvalue weighted by Crippen LogP contribution is -2.27. The summed E-state index contributed by atoms with van der Waals surface area (Å²) in [5.41, 5.74) is 0. The molecule has 0 saturated heterocycles. The van der Waals surface area contributed by atoms with E-state index in [1.807, 2.05) is 6.92 Å². The second-order valence-corrected chi connectivity index (χ2v) is 7.60. The summed E-state index contributed by atoms with van der Waals surface area (Å²) in [5.74, 6) is 0.468. The van der Waals surface area contributed by atoms with Crippen molar-refractivity contribution in [3.8, 4) is 0 Å². The second-order valence-electron chi connectivity index (χ2n) is 5.16. The number of ether oxygens (including phenoxy) is 1. The molecule has 20 heavy (non-hydrogen) atoms. The molecule has 112 valence electrons. The highest BCUT2D eigenvalue weighted by atomic mass is 79.9. The number of aliphatic hydroxyl groups is 1. The summed E-state index contributed by atoms with van der Waals surface area (Å²) >= 11 is 5.00. The van der Waals surface area contributed by atoms with Crippen LogP contribution >= 0.6 is 27.3 Å². The maximum atomic E-state index is 11.7. The van der Waals surface area contributed by atoms with E-state index in [9.17, 15) is 9.90 Å². The molecule has 2 rings (SSSR count). The molecule has 1 unspecified atom stereocenters. The van der Waals surface area contributed by atoms with Crippen LogP contribution in [-0.4, -0.2) is 29.3 Å². The van der Waals surface area contributed by atoms with Gasteiger partial charge in [0.25, 0.3) is 0 Å². The van der Waals surface area contributed by atoms with Gasteiger partial charge >= 0.3 is 5.97 Å². The van der Waals surface area contributed by atoms with Crippen LogP contribution in [0.3, 0.4) is 0 Å². The number of thiazole rings is 1. The number of hydrogen-bond donors (Lipinski definition) is 1. The van der Waals surface area contributed by atoms with Crippen molar-refractivity contribution >= 4 is 33.2 Å². The predicted octanol–water partition coefficient (Wildman–Crippen LogP) is 3.35. The van der Waals surface area contributed by atoms with E-state index in [4.69, 9.17) is 4.74 Å². The summed E-state index contributed by atoms with van der Waals surface area (Å²) < 4.78 is 6.08. The Kier molecular flexibility index (Phi) is 5.99. The second kappa shape index (κ2) is 7.52. The number of carbonyl (C=O) groups excluding carboxylic acids is 1. The zero-order chi connectivity index (χ0) is 14.5. The number of hydrogen-bond acceptors (Lipinski definition) is 5. The Morgan fingerprint density at radius 3 is 2.75 bits per heavy atom. The fraction of sp³-hybridized carbons (Fsp3) is 0.714. The van der Waals surface area contributed by atoms with Crippen molar-refractivity contribution < 1.29 is 14.6 Å². The van der Waals surface area contributed by atoms with Gasteiger partial charge in [0.05, 0.1) is 34.1 Å². The first-order valence-corrected chi connectivity index (χ1v) is 8.65.